The quantitative estimate of drug-likeness (QED) is 0.342. The SMILES string of the molecule is CCn1c(=O)/c(=C\Nc2cccc(NC(=O)CN3CCC(c4ccccc4)CC3)c2)s/c1=C(/C#N)C(=O)NCC(F)(F)F. The van der Waals surface area contributed by atoms with Gasteiger partial charge in [0.25, 0.3) is 11.5 Å². The average Bonchev–Trinajstić information content (AvgIpc) is 3.30. The molecule has 1 aromatic heterocycles. The molecular weight excluding hydrogens is 581 g/mol. The van der Waals surface area contributed by atoms with Crippen molar-refractivity contribution in [2.75, 3.05) is 36.8 Å². The molecule has 2 aromatic carbocycles. The topological polar surface area (TPSA) is 119 Å². The van der Waals surface area contributed by atoms with Gasteiger partial charge in [0.15, 0.2) is 5.57 Å². The number of anilines is 2. The third kappa shape index (κ3) is 8.56. The average molecular weight is 613 g/mol. The molecule has 2 heterocycles. The Labute approximate surface area is 249 Å². The van der Waals surface area contributed by atoms with Gasteiger partial charge in [0.1, 0.15) is 21.8 Å². The Kier molecular flexibility index (Phi) is 10.4. The van der Waals surface area contributed by atoms with Crippen LogP contribution in [0, 0.1) is 11.3 Å². The molecule has 0 aliphatic carbocycles. The lowest BCUT2D eigenvalue weighted by molar-refractivity contribution is -0.135. The third-order valence-corrected chi connectivity index (χ3v) is 8.10. The van der Waals surface area contributed by atoms with Gasteiger partial charge in [0.2, 0.25) is 5.91 Å². The molecule has 1 aliphatic heterocycles. The summed E-state index contributed by atoms with van der Waals surface area (Å²) < 4.78 is 38.9. The molecule has 43 heavy (non-hydrogen) atoms. The van der Waals surface area contributed by atoms with Gasteiger partial charge in [-0.1, -0.05) is 36.4 Å². The van der Waals surface area contributed by atoms with E-state index >= 15 is 0 Å². The van der Waals surface area contributed by atoms with Crippen LogP contribution in [0.1, 0.15) is 31.2 Å². The number of benzene rings is 2. The lowest BCUT2D eigenvalue weighted by atomic mass is 9.89. The number of hydrogen-bond acceptors (Lipinski definition) is 7. The molecule has 3 N–H and O–H groups in total. The van der Waals surface area contributed by atoms with Crippen LogP contribution in [0.2, 0.25) is 0 Å². The van der Waals surface area contributed by atoms with Crippen molar-refractivity contribution in [3.8, 4) is 6.07 Å². The van der Waals surface area contributed by atoms with Crippen LogP contribution in [0.25, 0.3) is 11.8 Å². The molecule has 1 saturated heterocycles. The van der Waals surface area contributed by atoms with Crippen molar-refractivity contribution in [1.82, 2.24) is 14.8 Å². The van der Waals surface area contributed by atoms with Crippen LogP contribution in [-0.2, 0) is 16.1 Å². The molecular formula is C30H31F3N6O3S. The van der Waals surface area contributed by atoms with Crippen LogP contribution in [-0.4, -0.2) is 53.6 Å². The summed E-state index contributed by atoms with van der Waals surface area (Å²) in [7, 11) is 0. The zero-order valence-electron chi connectivity index (χ0n) is 23.4. The molecule has 0 radical (unpaired) electrons. The number of carbonyl (C=O) groups excluding carboxylic acids is 2. The predicted octanol–water partition coefficient (Wildman–Crippen LogP) is 2.95. The maximum Gasteiger partial charge on any atom is 0.405 e. The highest BCUT2D eigenvalue weighted by Gasteiger charge is 2.29. The van der Waals surface area contributed by atoms with Crippen molar-refractivity contribution in [3.63, 3.8) is 0 Å². The molecule has 0 saturated carbocycles. The van der Waals surface area contributed by atoms with E-state index in [1.54, 1.807) is 42.6 Å². The largest absolute Gasteiger partial charge is 0.405 e. The van der Waals surface area contributed by atoms with E-state index in [-0.39, 0.29) is 28.2 Å². The summed E-state index contributed by atoms with van der Waals surface area (Å²) in [5.74, 6) is -0.862. The molecule has 0 unspecified atom stereocenters. The highest BCUT2D eigenvalue weighted by Crippen LogP contribution is 2.27. The first-order chi connectivity index (χ1) is 20.6. The van der Waals surface area contributed by atoms with Crippen molar-refractivity contribution in [3.05, 3.63) is 79.7 Å². The number of nitriles is 1. The minimum absolute atomic E-state index is 0.0449. The number of piperidine rings is 1. The van der Waals surface area contributed by atoms with Crippen LogP contribution in [0.15, 0.2) is 59.4 Å². The first-order valence-corrected chi connectivity index (χ1v) is 14.5. The molecule has 0 atom stereocenters. The fourth-order valence-corrected chi connectivity index (χ4v) is 5.93. The Bertz CT molecular complexity index is 1670. The van der Waals surface area contributed by atoms with Gasteiger partial charge in [-0.05, 0) is 62.5 Å². The lowest BCUT2D eigenvalue weighted by Crippen LogP contribution is -2.38. The van der Waals surface area contributed by atoms with Crippen LogP contribution in [0.4, 0.5) is 24.5 Å². The van der Waals surface area contributed by atoms with Gasteiger partial charge in [0.05, 0.1) is 6.54 Å². The maximum absolute atomic E-state index is 12.9. The molecule has 0 bridgehead atoms. The molecule has 226 valence electrons. The number of carbonyl (C=O) groups is 2. The minimum atomic E-state index is -4.65. The Morgan fingerprint density at radius 3 is 2.44 bits per heavy atom. The minimum Gasteiger partial charge on any atom is -0.360 e. The van der Waals surface area contributed by atoms with E-state index in [0.717, 1.165) is 41.8 Å². The number of aromatic nitrogens is 1. The van der Waals surface area contributed by atoms with Crippen LogP contribution < -0.4 is 30.7 Å². The first-order valence-electron chi connectivity index (χ1n) is 13.7. The van der Waals surface area contributed by atoms with Crippen LogP contribution in [0.5, 0.6) is 0 Å². The van der Waals surface area contributed by atoms with Gasteiger partial charge in [-0.2, -0.15) is 18.4 Å². The van der Waals surface area contributed by atoms with E-state index in [2.05, 4.69) is 27.7 Å². The normalized spacial score (nSPS) is 15.5. The number of nitrogens with zero attached hydrogens (tertiary/aromatic N) is 3. The molecule has 13 heteroatoms. The van der Waals surface area contributed by atoms with E-state index in [1.165, 1.54) is 11.8 Å². The molecule has 4 rings (SSSR count). The Morgan fingerprint density at radius 2 is 1.79 bits per heavy atom. The van der Waals surface area contributed by atoms with Gasteiger partial charge in [0, 0.05) is 24.1 Å². The molecule has 1 aliphatic rings. The van der Waals surface area contributed by atoms with Gasteiger partial charge >= 0.3 is 6.18 Å². The van der Waals surface area contributed by atoms with Gasteiger partial charge in [-0.15, -0.1) is 11.3 Å². The van der Waals surface area contributed by atoms with Gasteiger partial charge in [-0.25, -0.2) is 0 Å². The monoisotopic (exact) mass is 612 g/mol. The van der Waals surface area contributed by atoms with Gasteiger partial charge < -0.3 is 16.0 Å². The summed E-state index contributed by atoms with van der Waals surface area (Å²) in [6, 6.07) is 18.9. The van der Waals surface area contributed by atoms with Crippen molar-refractivity contribution in [2.45, 2.75) is 38.4 Å². The number of likely N-dealkylation sites (tertiary alicyclic amines) is 1. The standard InChI is InChI=1S/C30H31F3N6O3S/c1-2-39-28(42)25(43-29(39)24(16-34)27(41)36-19-30(31,32)33)17-35-22-9-6-10-23(15-22)37-26(40)18-38-13-11-21(12-14-38)20-7-4-3-5-8-20/h3-10,15,17,21,35H,2,11-14,18-19H2,1H3,(H,36,41)(H,37,40)/b25-17+,29-24-. The zero-order chi connectivity index (χ0) is 31.0. The second-order valence-electron chi connectivity index (χ2n) is 9.98. The Morgan fingerprint density at radius 1 is 1.09 bits per heavy atom. The lowest BCUT2D eigenvalue weighted by Gasteiger charge is -2.31. The van der Waals surface area contributed by atoms with E-state index in [9.17, 15) is 32.8 Å². The van der Waals surface area contributed by atoms with Crippen molar-refractivity contribution < 1.29 is 22.8 Å². The fourth-order valence-electron chi connectivity index (χ4n) is 4.85. The maximum atomic E-state index is 12.9. The second-order valence-corrected chi connectivity index (χ2v) is 11.0. The zero-order valence-corrected chi connectivity index (χ0v) is 24.2. The molecule has 0 spiro atoms. The van der Waals surface area contributed by atoms with Gasteiger partial charge in [-0.3, -0.25) is 23.9 Å². The predicted molar refractivity (Wildman–Crippen MR) is 160 cm³/mol. The summed E-state index contributed by atoms with van der Waals surface area (Å²) in [6.07, 6.45) is -1.28. The Hall–Kier alpha value is -4.41. The highest BCUT2D eigenvalue weighted by atomic mass is 32.1. The number of halogens is 3. The number of nitrogens with one attached hydrogen (secondary N) is 3. The van der Waals surface area contributed by atoms with Crippen molar-refractivity contribution in [2.24, 2.45) is 0 Å². The number of rotatable bonds is 9. The molecule has 2 amide bonds. The summed E-state index contributed by atoms with van der Waals surface area (Å²) >= 11 is 0.813. The highest BCUT2D eigenvalue weighted by molar-refractivity contribution is 7.07. The molecule has 9 nitrogen and oxygen atoms in total. The van der Waals surface area contributed by atoms with Crippen LogP contribution >= 0.6 is 11.3 Å². The summed E-state index contributed by atoms with van der Waals surface area (Å²) in [4.78, 5) is 40.1. The van der Waals surface area contributed by atoms with Crippen molar-refractivity contribution in [1.29, 1.82) is 5.26 Å². The van der Waals surface area contributed by atoms with E-state index in [4.69, 9.17) is 0 Å². The summed E-state index contributed by atoms with van der Waals surface area (Å²) in [5, 5.41) is 17.0. The summed E-state index contributed by atoms with van der Waals surface area (Å²) in [6.45, 7) is 2.05. The van der Waals surface area contributed by atoms with E-state index < -0.39 is 29.8 Å². The number of amides is 2. The van der Waals surface area contributed by atoms with Crippen molar-refractivity contribution >= 4 is 46.3 Å². The third-order valence-electron chi connectivity index (χ3n) is 6.97. The van der Waals surface area contributed by atoms with Crippen LogP contribution in [0.3, 0.4) is 0 Å². The van der Waals surface area contributed by atoms with E-state index in [0.29, 0.717) is 17.3 Å². The number of thiazole rings is 1. The second kappa shape index (κ2) is 14.2. The Balaban J connectivity index is 1.41. The fraction of sp³-hybridized carbons (Fsp3) is 0.333. The smallest absolute Gasteiger partial charge is 0.360 e. The molecule has 3 aromatic rings. The summed E-state index contributed by atoms with van der Waals surface area (Å²) in [5.41, 5.74) is 1.36. The van der Waals surface area contributed by atoms with E-state index in [1.807, 2.05) is 18.2 Å². The first kappa shape index (κ1) is 31.5. The number of alkyl halides is 3. The number of hydrogen-bond donors (Lipinski definition) is 3. The molecule has 1 fully saturated rings.